The summed E-state index contributed by atoms with van der Waals surface area (Å²) in [6.45, 7) is 1.56. The molecule has 2 rings (SSSR count). The highest BCUT2D eigenvalue weighted by atomic mass is 16.5. The number of hydrogen-bond donors (Lipinski definition) is 2. The summed E-state index contributed by atoms with van der Waals surface area (Å²) in [6, 6.07) is 16.2. The fraction of sp³-hybridized carbons (Fsp3) is 0.350. The van der Waals surface area contributed by atoms with Gasteiger partial charge in [0.2, 0.25) is 0 Å². The molecule has 25 heavy (non-hydrogen) atoms. The lowest BCUT2D eigenvalue weighted by Crippen LogP contribution is -2.37. The molecule has 134 valence electrons. The minimum absolute atomic E-state index is 0.701. The average Bonchev–Trinajstić information content (AvgIpc) is 2.67. The van der Waals surface area contributed by atoms with E-state index in [9.17, 15) is 0 Å². The number of benzene rings is 2. The molecule has 0 saturated heterocycles. The van der Waals surface area contributed by atoms with Crippen LogP contribution in [0.25, 0.3) is 0 Å². The van der Waals surface area contributed by atoms with Gasteiger partial charge < -0.3 is 20.1 Å². The van der Waals surface area contributed by atoms with E-state index in [1.165, 1.54) is 5.56 Å². The van der Waals surface area contributed by atoms with Crippen LogP contribution in [0.3, 0.4) is 0 Å². The van der Waals surface area contributed by atoms with Crippen LogP contribution in [0.15, 0.2) is 53.5 Å². The first-order valence-electron chi connectivity index (χ1n) is 8.45. The number of aliphatic imine (C=N–C) groups is 1. The van der Waals surface area contributed by atoms with Gasteiger partial charge in [0, 0.05) is 20.1 Å². The Kier molecular flexibility index (Phi) is 7.63. The smallest absolute Gasteiger partial charge is 0.191 e. The molecule has 2 aromatic rings. The third-order valence-electron chi connectivity index (χ3n) is 3.89. The first-order valence-corrected chi connectivity index (χ1v) is 8.45. The maximum Gasteiger partial charge on any atom is 0.191 e. The maximum atomic E-state index is 5.25. The van der Waals surface area contributed by atoms with Crippen molar-refractivity contribution in [3.8, 4) is 11.5 Å². The Morgan fingerprint density at radius 2 is 1.56 bits per heavy atom. The van der Waals surface area contributed by atoms with Crippen LogP contribution in [0, 0.1) is 0 Å². The molecule has 0 aliphatic rings. The van der Waals surface area contributed by atoms with Gasteiger partial charge in [-0.05, 0) is 48.2 Å². The molecule has 0 aliphatic carbocycles. The first-order chi connectivity index (χ1) is 12.2. The predicted molar refractivity (Wildman–Crippen MR) is 103 cm³/mol. The van der Waals surface area contributed by atoms with Gasteiger partial charge in [-0.15, -0.1) is 0 Å². The second-order valence-corrected chi connectivity index (χ2v) is 5.66. The SMILES string of the molecule is CN=C(NCCCc1cccc(OC)c1)NCc1cccc(OC)c1. The van der Waals surface area contributed by atoms with Crippen molar-refractivity contribution in [2.24, 2.45) is 4.99 Å². The number of ether oxygens (including phenoxy) is 2. The Morgan fingerprint density at radius 1 is 0.920 bits per heavy atom. The minimum Gasteiger partial charge on any atom is -0.497 e. The highest BCUT2D eigenvalue weighted by Crippen LogP contribution is 2.14. The fourth-order valence-electron chi connectivity index (χ4n) is 2.52. The minimum atomic E-state index is 0.701. The van der Waals surface area contributed by atoms with Gasteiger partial charge in [-0.1, -0.05) is 24.3 Å². The van der Waals surface area contributed by atoms with E-state index >= 15 is 0 Å². The Bertz CT molecular complexity index is 686. The Hall–Kier alpha value is -2.69. The molecule has 0 unspecified atom stereocenters. The molecule has 0 radical (unpaired) electrons. The van der Waals surface area contributed by atoms with Crippen LogP contribution in [0.1, 0.15) is 17.5 Å². The van der Waals surface area contributed by atoms with E-state index in [0.717, 1.165) is 42.4 Å². The zero-order valence-electron chi connectivity index (χ0n) is 15.2. The number of nitrogens with zero attached hydrogens (tertiary/aromatic N) is 1. The van der Waals surface area contributed by atoms with E-state index in [1.54, 1.807) is 21.3 Å². The Balaban J connectivity index is 1.72. The summed E-state index contributed by atoms with van der Waals surface area (Å²) in [7, 11) is 5.15. The van der Waals surface area contributed by atoms with E-state index < -0.39 is 0 Å². The molecule has 0 aromatic heterocycles. The molecular weight excluding hydrogens is 314 g/mol. The topological polar surface area (TPSA) is 54.9 Å². The predicted octanol–water partition coefficient (Wildman–Crippen LogP) is 3.00. The van der Waals surface area contributed by atoms with E-state index in [4.69, 9.17) is 9.47 Å². The molecule has 0 fully saturated rings. The number of aryl methyl sites for hydroxylation is 1. The summed E-state index contributed by atoms with van der Waals surface area (Å²) in [6.07, 6.45) is 2.02. The van der Waals surface area contributed by atoms with Crippen molar-refractivity contribution in [2.45, 2.75) is 19.4 Å². The second kappa shape index (κ2) is 10.2. The number of rotatable bonds is 8. The van der Waals surface area contributed by atoms with Crippen molar-refractivity contribution in [1.29, 1.82) is 0 Å². The van der Waals surface area contributed by atoms with Crippen molar-refractivity contribution in [2.75, 3.05) is 27.8 Å². The molecule has 5 nitrogen and oxygen atoms in total. The summed E-state index contributed by atoms with van der Waals surface area (Å²) < 4.78 is 10.5. The number of hydrogen-bond acceptors (Lipinski definition) is 3. The largest absolute Gasteiger partial charge is 0.497 e. The summed E-state index contributed by atoms with van der Waals surface area (Å²) in [5.74, 6) is 2.57. The monoisotopic (exact) mass is 341 g/mol. The summed E-state index contributed by atoms with van der Waals surface area (Å²) in [4.78, 5) is 4.26. The molecule has 0 amide bonds. The average molecular weight is 341 g/mol. The standard InChI is InChI=1S/C20H27N3O2/c1-21-20(23-15-17-8-5-11-19(14-17)25-3)22-12-6-9-16-7-4-10-18(13-16)24-2/h4-5,7-8,10-11,13-14H,6,9,12,15H2,1-3H3,(H2,21,22,23). The van der Waals surface area contributed by atoms with Gasteiger partial charge in [-0.25, -0.2) is 0 Å². The van der Waals surface area contributed by atoms with E-state index in [-0.39, 0.29) is 0 Å². The van der Waals surface area contributed by atoms with Crippen molar-refractivity contribution in [1.82, 2.24) is 10.6 Å². The fourth-order valence-corrected chi connectivity index (χ4v) is 2.52. The molecule has 5 heteroatoms. The van der Waals surface area contributed by atoms with E-state index in [1.807, 2.05) is 30.3 Å². The second-order valence-electron chi connectivity index (χ2n) is 5.66. The van der Waals surface area contributed by atoms with Crippen molar-refractivity contribution in [3.05, 3.63) is 59.7 Å². The van der Waals surface area contributed by atoms with Crippen LogP contribution in [0.5, 0.6) is 11.5 Å². The van der Waals surface area contributed by atoms with Gasteiger partial charge in [0.25, 0.3) is 0 Å². The summed E-state index contributed by atoms with van der Waals surface area (Å²) >= 11 is 0. The number of nitrogens with one attached hydrogen (secondary N) is 2. The quantitative estimate of drug-likeness (QED) is 0.440. The third kappa shape index (κ3) is 6.37. The lowest BCUT2D eigenvalue weighted by atomic mass is 10.1. The van der Waals surface area contributed by atoms with Crippen molar-refractivity contribution < 1.29 is 9.47 Å². The van der Waals surface area contributed by atoms with Gasteiger partial charge >= 0.3 is 0 Å². The number of guanidine groups is 1. The molecule has 0 heterocycles. The van der Waals surface area contributed by atoms with Crippen molar-refractivity contribution >= 4 is 5.96 Å². The van der Waals surface area contributed by atoms with Crippen LogP contribution in [-0.4, -0.2) is 33.8 Å². The van der Waals surface area contributed by atoms with E-state index in [0.29, 0.717) is 6.54 Å². The highest BCUT2D eigenvalue weighted by Gasteiger charge is 2.01. The number of methoxy groups -OCH3 is 2. The maximum absolute atomic E-state index is 5.25. The third-order valence-corrected chi connectivity index (χ3v) is 3.89. The zero-order chi connectivity index (χ0) is 17.9. The molecule has 0 spiro atoms. The van der Waals surface area contributed by atoms with Gasteiger partial charge in [0.05, 0.1) is 14.2 Å². The normalized spacial score (nSPS) is 11.1. The lowest BCUT2D eigenvalue weighted by Gasteiger charge is -2.12. The van der Waals surface area contributed by atoms with Gasteiger partial charge in [-0.3, -0.25) is 4.99 Å². The van der Waals surface area contributed by atoms with Crippen LogP contribution >= 0.6 is 0 Å². The molecule has 0 atom stereocenters. The van der Waals surface area contributed by atoms with Crippen LogP contribution in [0.4, 0.5) is 0 Å². The first kappa shape index (κ1) is 18.6. The Morgan fingerprint density at radius 3 is 2.20 bits per heavy atom. The molecule has 2 N–H and O–H groups in total. The van der Waals surface area contributed by atoms with Crippen LogP contribution in [0.2, 0.25) is 0 Å². The van der Waals surface area contributed by atoms with Gasteiger partial charge in [-0.2, -0.15) is 0 Å². The summed E-state index contributed by atoms with van der Waals surface area (Å²) in [5, 5.41) is 6.66. The van der Waals surface area contributed by atoms with Gasteiger partial charge in [0.15, 0.2) is 5.96 Å². The zero-order valence-corrected chi connectivity index (χ0v) is 15.2. The molecule has 2 aromatic carbocycles. The Labute approximate surface area is 150 Å². The van der Waals surface area contributed by atoms with Gasteiger partial charge in [0.1, 0.15) is 11.5 Å². The molecule has 0 saturated carbocycles. The lowest BCUT2D eigenvalue weighted by molar-refractivity contribution is 0.414. The van der Waals surface area contributed by atoms with E-state index in [2.05, 4.69) is 33.8 Å². The summed E-state index contributed by atoms with van der Waals surface area (Å²) in [5.41, 5.74) is 2.43. The molecule has 0 aliphatic heterocycles. The molecular formula is C20H27N3O2. The van der Waals surface area contributed by atoms with Crippen LogP contribution in [-0.2, 0) is 13.0 Å². The molecule has 0 bridgehead atoms. The highest BCUT2D eigenvalue weighted by molar-refractivity contribution is 5.79. The van der Waals surface area contributed by atoms with Crippen LogP contribution < -0.4 is 20.1 Å². The van der Waals surface area contributed by atoms with Crippen molar-refractivity contribution in [3.63, 3.8) is 0 Å².